The van der Waals surface area contributed by atoms with Gasteiger partial charge in [0.1, 0.15) is 5.52 Å². The molecule has 0 fully saturated rings. The second-order valence-corrected chi connectivity index (χ2v) is 8.15. The number of nitrogens with one attached hydrogen (secondary N) is 1. The van der Waals surface area contributed by atoms with Gasteiger partial charge < -0.3 is 15.6 Å². The number of nitrogens with two attached hydrogens (primary N) is 1. The van der Waals surface area contributed by atoms with Gasteiger partial charge in [-0.2, -0.15) is 0 Å². The van der Waals surface area contributed by atoms with E-state index in [9.17, 15) is 0 Å². The molecular weight excluding hydrogens is 382 g/mol. The third kappa shape index (κ3) is 4.67. The number of hydrogen-bond donors (Lipinski definition) is 2. The van der Waals surface area contributed by atoms with E-state index < -0.39 is 0 Å². The van der Waals surface area contributed by atoms with Gasteiger partial charge in [0.2, 0.25) is 5.95 Å². The molecule has 5 nitrogen and oxygen atoms in total. The quantitative estimate of drug-likeness (QED) is 0.545. The van der Waals surface area contributed by atoms with Gasteiger partial charge >= 0.3 is 0 Å². The fourth-order valence-corrected chi connectivity index (χ4v) is 4.10. The Kier molecular flexibility index (Phi) is 7.01. The Morgan fingerprint density at radius 2 is 1.97 bits per heavy atom. The van der Waals surface area contributed by atoms with Crippen LogP contribution in [0.4, 0.5) is 11.6 Å². The Hall–Kier alpha value is -2.27. The Morgan fingerprint density at radius 1 is 1.21 bits per heavy atom. The number of rotatable bonds is 3. The van der Waals surface area contributed by atoms with Crippen LogP contribution in [0.2, 0.25) is 5.02 Å². The van der Waals surface area contributed by atoms with E-state index >= 15 is 0 Å². The molecule has 0 saturated heterocycles. The van der Waals surface area contributed by atoms with Crippen LogP contribution in [0.1, 0.15) is 62.3 Å². The summed E-state index contributed by atoms with van der Waals surface area (Å²) in [7, 11) is 0. The number of fused-ring (bicyclic) bond motifs is 3. The van der Waals surface area contributed by atoms with Gasteiger partial charge in [-0.3, -0.25) is 4.98 Å². The lowest BCUT2D eigenvalue weighted by molar-refractivity contribution is 0.632. The highest BCUT2D eigenvalue weighted by atomic mass is 35.5. The van der Waals surface area contributed by atoms with E-state index in [1.165, 1.54) is 23.9 Å². The molecule has 0 unspecified atom stereocenters. The zero-order valence-electron chi connectivity index (χ0n) is 17.9. The summed E-state index contributed by atoms with van der Waals surface area (Å²) in [6, 6.07) is 6.12. The Labute approximate surface area is 178 Å². The van der Waals surface area contributed by atoms with Crippen molar-refractivity contribution in [2.45, 2.75) is 65.8 Å². The molecule has 0 spiro atoms. The molecule has 4 rings (SSSR count). The van der Waals surface area contributed by atoms with Crippen LogP contribution in [0.5, 0.6) is 0 Å². The van der Waals surface area contributed by atoms with Crippen molar-refractivity contribution in [3.05, 3.63) is 46.2 Å². The monoisotopic (exact) mass is 413 g/mol. The second kappa shape index (κ2) is 9.49. The van der Waals surface area contributed by atoms with Gasteiger partial charge in [-0.05, 0) is 68.7 Å². The first-order valence-electron chi connectivity index (χ1n) is 10.6. The summed E-state index contributed by atoms with van der Waals surface area (Å²) in [4.78, 5) is 8.80. The summed E-state index contributed by atoms with van der Waals surface area (Å²) in [6.07, 6.45) is 6.37. The van der Waals surface area contributed by atoms with Crippen LogP contribution in [0, 0.1) is 13.8 Å². The molecule has 0 aliphatic carbocycles. The summed E-state index contributed by atoms with van der Waals surface area (Å²) in [5.74, 6) is 1.57. The summed E-state index contributed by atoms with van der Waals surface area (Å²) < 4.78 is 2.34. The molecule has 1 aliphatic rings. The first-order chi connectivity index (χ1) is 14.0. The van der Waals surface area contributed by atoms with Gasteiger partial charge in [-0.15, -0.1) is 0 Å². The lowest BCUT2D eigenvalue weighted by atomic mass is 9.93. The van der Waals surface area contributed by atoms with E-state index in [1.54, 1.807) is 6.20 Å². The van der Waals surface area contributed by atoms with Crippen molar-refractivity contribution in [1.29, 1.82) is 0 Å². The number of pyridine rings is 1. The van der Waals surface area contributed by atoms with Crippen LogP contribution in [-0.2, 0) is 6.54 Å². The predicted octanol–water partition coefficient (Wildman–Crippen LogP) is 6.08. The zero-order valence-corrected chi connectivity index (χ0v) is 18.7. The molecule has 6 heteroatoms. The number of nitrogen functional groups attached to an aromatic ring is 1. The minimum atomic E-state index is 0.582. The average molecular weight is 414 g/mol. The molecule has 0 saturated carbocycles. The summed E-state index contributed by atoms with van der Waals surface area (Å²) in [6.45, 7) is 10.5. The molecule has 2 aromatic heterocycles. The molecule has 29 heavy (non-hydrogen) atoms. The van der Waals surface area contributed by atoms with Crippen molar-refractivity contribution in [2.24, 2.45) is 0 Å². The van der Waals surface area contributed by atoms with Crippen molar-refractivity contribution in [3.63, 3.8) is 0 Å². The van der Waals surface area contributed by atoms with Crippen LogP contribution in [0.3, 0.4) is 0 Å². The zero-order chi connectivity index (χ0) is 21.0. The molecule has 0 amide bonds. The van der Waals surface area contributed by atoms with Crippen LogP contribution < -0.4 is 11.1 Å². The van der Waals surface area contributed by atoms with E-state index in [2.05, 4.69) is 34.8 Å². The molecule has 1 aromatic carbocycles. The maximum atomic E-state index is 6.38. The Bertz CT molecular complexity index is 975. The molecule has 0 bridgehead atoms. The number of aromatic nitrogens is 3. The number of imidazole rings is 1. The van der Waals surface area contributed by atoms with Gasteiger partial charge in [-0.25, -0.2) is 4.98 Å². The van der Waals surface area contributed by atoms with E-state index in [-0.39, 0.29) is 0 Å². The van der Waals surface area contributed by atoms with Crippen LogP contribution in [0.25, 0.3) is 11.0 Å². The van der Waals surface area contributed by atoms with Crippen molar-refractivity contribution < 1.29 is 0 Å². The molecule has 0 radical (unpaired) electrons. The number of benzene rings is 1. The predicted molar refractivity (Wildman–Crippen MR) is 124 cm³/mol. The minimum Gasteiger partial charge on any atom is -0.397 e. The molecule has 0 atom stereocenters. The van der Waals surface area contributed by atoms with Crippen molar-refractivity contribution in [3.8, 4) is 0 Å². The van der Waals surface area contributed by atoms with Gasteiger partial charge in [0.15, 0.2) is 0 Å². The van der Waals surface area contributed by atoms with Gasteiger partial charge in [-0.1, -0.05) is 31.5 Å². The molecule has 3 heterocycles. The number of halogens is 1. The third-order valence-corrected chi connectivity index (χ3v) is 6.06. The lowest BCUT2D eigenvalue weighted by Crippen LogP contribution is -2.05. The second-order valence-electron chi connectivity index (χ2n) is 7.74. The smallest absolute Gasteiger partial charge is 0.203 e. The molecular formula is C23H32ClN5. The number of nitrogens with zero attached hydrogens (tertiary/aromatic N) is 3. The molecule has 156 valence electrons. The molecule has 3 aromatic rings. The minimum absolute atomic E-state index is 0.582. The Morgan fingerprint density at radius 3 is 2.62 bits per heavy atom. The first-order valence-corrected chi connectivity index (χ1v) is 10.9. The highest BCUT2D eigenvalue weighted by Crippen LogP contribution is 2.36. The number of hydrogen-bond acceptors (Lipinski definition) is 4. The van der Waals surface area contributed by atoms with E-state index in [4.69, 9.17) is 22.3 Å². The van der Waals surface area contributed by atoms with Crippen molar-refractivity contribution in [1.82, 2.24) is 14.5 Å². The summed E-state index contributed by atoms with van der Waals surface area (Å²) >= 11 is 6.38. The van der Waals surface area contributed by atoms with Gasteiger partial charge in [0.05, 0.1) is 22.4 Å². The standard InChI is InChI=1S/C16H22ClN3.C7H10N2/c1-3-11(4-2)12-7-8-13(17)14-15(12)20-10-6-5-9-18-16(20)19-14;1-5-3-7(8)4-9-6(5)2/h7-8,11H,3-6,9-10H2,1-2H3,(H,18,19);3-4H,8H2,1-2H3. The molecule has 1 aliphatic heterocycles. The van der Waals surface area contributed by atoms with Crippen molar-refractivity contribution in [2.75, 3.05) is 17.6 Å². The van der Waals surface area contributed by atoms with Crippen LogP contribution in [-0.4, -0.2) is 21.1 Å². The summed E-state index contributed by atoms with van der Waals surface area (Å²) in [5.41, 5.74) is 12.0. The van der Waals surface area contributed by atoms with Crippen LogP contribution in [0.15, 0.2) is 24.4 Å². The Balaban J connectivity index is 0.000000224. The van der Waals surface area contributed by atoms with E-state index in [1.807, 2.05) is 26.0 Å². The van der Waals surface area contributed by atoms with E-state index in [0.29, 0.717) is 5.92 Å². The molecule has 3 N–H and O–H groups in total. The fraction of sp³-hybridized carbons (Fsp3) is 0.478. The van der Waals surface area contributed by atoms with Crippen LogP contribution >= 0.6 is 11.6 Å². The fourth-order valence-electron chi connectivity index (χ4n) is 3.90. The third-order valence-electron chi connectivity index (χ3n) is 5.75. The SMILES string of the molecule is CCC(CC)c1ccc(Cl)c2nc3n(c12)CCCCN3.Cc1cc(N)cnc1C. The van der Waals surface area contributed by atoms with Gasteiger partial charge in [0, 0.05) is 18.8 Å². The lowest BCUT2D eigenvalue weighted by Gasteiger charge is -2.16. The highest BCUT2D eigenvalue weighted by molar-refractivity contribution is 6.35. The number of anilines is 2. The maximum Gasteiger partial charge on any atom is 0.203 e. The number of aryl methyl sites for hydroxylation is 3. The topological polar surface area (TPSA) is 68.8 Å². The van der Waals surface area contributed by atoms with Gasteiger partial charge in [0.25, 0.3) is 0 Å². The average Bonchev–Trinajstić information content (AvgIpc) is 2.92. The largest absolute Gasteiger partial charge is 0.397 e. The van der Waals surface area contributed by atoms with E-state index in [0.717, 1.165) is 59.4 Å². The maximum absolute atomic E-state index is 6.38. The highest BCUT2D eigenvalue weighted by Gasteiger charge is 2.21. The normalized spacial score (nSPS) is 13.4. The summed E-state index contributed by atoms with van der Waals surface area (Å²) in [5, 5.41) is 4.20. The first kappa shape index (κ1) is 21.4. The van der Waals surface area contributed by atoms with Crippen molar-refractivity contribution >= 4 is 34.3 Å².